The van der Waals surface area contributed by atoms with Crippen LogP contribution in [-0.4, -0.2) is 18.8 Å². The molecule has 0 spiro atoms. The summed E-state index contributed by atoms with van der Waals surface area (Å²) in [6.45, 7) is 4.36. The van der Waals surface area contributed by atoms with E-state index in [9.17, 15) is 4.79 Å². The third-order valence-corrected chi connectivity index (χ3v) is 4.03. The number of nitrogens with two attached hydrogens (primary N) is 1. The maximum absolute atomic E-state index is 11.6. The van der Waals surface area contributed by atoms with Crippen molar-refractivity contribution >= 4 is 23.4 Å². The van der Waals surface area contributed by atoms with Gasteiger partial charge in [0, 0.05) is 16.3 Å². The number of benzene rings is 1. The molecule has 0 radical (unpaired) electrons. The lowest BCUT2D eigenvalue weighted by Gasteiger charge is -2.11. The van der Waals surface area contributed by atoms with Crippen molar-refractivity contribution in [2.75, 3.05) is 18.6 Å². The van der Waals surface area contributed by atoms with E-state index >= 15 is 0 Å². The Morgan fingerprint density at radius 2 is 2.24 bits per heavy atom. The highest BCUT2D eigenvalue weighted by Gasteiger charge is 2.13. The summed E-state index contributed by atoms with van der Waals surface area (Å²) in [4.78, 5) is 12.5. The topological polar surface area (TPSA) is 52.3 Å². The van der Waals surface area contributed by atoms with Crippen molar-refractivity contribution in [2.45, 2.75) is 25.2 Å². The van der Waals surface area contributed by atoms with Crippen LogP contribution >= 0.6 is 11.8 Å². The van der Waals surface area contributed by atoms with Crippen LogP contribution in [0.5, 0.6) is 0 Å². The molecule has 0 heterocycles. The fourth-order valence-electron chi connectivity index (χ4n) is 1.29. The first-order chi connectivity index (χ1) is 8.08. The van der Waals surface area contributed by atoms with Crippen LogP contribution in [0.1, 0.15) is 30.6 Å². The van der Waals surface area contributed by atoms with Gasteiger partial charge in [-0.05, 0) is 24.1 Å². The Bertz CT molecular complexity index is 393. The van der Waals surface area contributed by atoms with Crippen LogP contribution in [0.2, 0.25) is 0 Å². The number of carbonyl (C=O) groups excluding carboxylic acids is 1. The first-order valence-electron chi connectivity index (χ1n) is 5.69. The van der Waals surface area contributed by atoms with Crippen LogP contribution in [-0.2, 0) is 4.74 Å². The summed E-state index contributed by atoms with van der Waals surface area (Å²) in [7, 11) is 1.38. The molecule has 0 amide bonds. The Kier molecular flexibility index (Phi) is 5.35. The molecule has 17 heavy (non-hydrogen) atoms. The number of nitrogen functional groups attached to an aromatic ring is 1. The van der Waals surface area contributed by atoms with E-state index in [0.717, 1.165) is 17.1 Å². The third kappa shape index (κ3) is 3.97. The van der Waals surface area contributed by atoms with E-state index in [2.05, 4.69) is 13.8 Å². The fourth-order valence-corrected chi connectivity index (χ4v) is 2.45. The second-order valence-electron chi connectivity index (χ2n) is 4.07. The number of carbonyl (C=O) groups is 1. The molecule has 0 aliphatic carbocycles. The molecule has 4 heteroatoms. The maximum atomic E-state index is 11.6. The van der Waals surface area contributed by atoms with Gasteiger partial charge < -0.3 is 10.5 Å². The Morgan fingerprint density at radius 1 is 1.53 bits per heavy atom. The average Bonchev–Trinajstić information content (AvgIpc) is 2.35. The zero-order chi connectivity index (χ0) is 12.8. The van der Waals surface area contributed by atoms with E-state index in [4.69, 9.17) is 10.5 Å². The average molecular weight is 253 g/mol. The van der Waals surface area contributed by atoms with Crippen molar-refractivity contribution in [1.82, 2.24) is 0 Å². The molecule has 0 aromatic heterocycles. The molecule has 0 saturated heterocycles. The molecule has 0 aliphatic heterocycles. The zero-order valence-corrected chi connectivity index (χ0v) is 11.3. The monoisotopic (exact) mass is 253 g/mol. The first kappa shape index (κ1) is 13.9. The molecule has 0 saturated carbocycles. The molecule has 1 aromatic carbocycles. The van der Waals surface area contributed by atoms with E-state index in [1.165, 1.54) is 7.11 Å². The van der Waals surface area contributed by atoms with Gasteiger partial charge in [0.15, 0.2) is 0 Å². The molecule has 1 rings (SSSR count). The molecule has 1 unspecified atom stereocenters. The van der Waals surface area contributed by atoms with Crippen molar-refractivity contribution in [2.24, 2.45) is 5.92 Å². The number of rotatable bonds is 5. The predicted octanol–water partition coefficient (Wildman–Crippen LogP) is 3.19. The highest BCUT2D eigenvalue weighted by atomic mass is 32.2. The molecule has 0 aliphatic rings. The van der Waals surface area contributed by atoms with Gasteiger partial charge in [-0.25, -0.2) is 4.79 Å². The Hall–Kier alpha value is -1.16. The molecule has 0 fully saturated rings. The van der Waals surface area contributed by atoms with Crippen LogP contribution in [0.25, 0.3) is 0 Å². The largest absolute Gasteiger partial charge is 0.465 e. The van der Waals surface area contributed by atoms with E-state index in [1.54, 1.807) is 17.8 Å². The highest BCUT2D eigenvalue weighted by molar-refractivity contribution is 7.99. The smallest absolute Gasteiger partial charge is 0.339 e. The van der Waals surface area contributed by atoms with Gasteiger partial charge in [0.1, 0.15) is 0 Å². The second kappa shape index (κ2) is 6.55. The molecule has 2 N–H and O–H groups in total. The number of hydrogen-bond acceptors (Lipinski definition) is 4. The molecule has 1 aromatic rings. The van der Waals surface area contributed by atoms with Gasteiger partial charge in [-0.1, -0.05) is 20.3 Å². The molecule has 94 valence electrons. The van der Waals surface area contributed by atoms with Crippen LogP contribution in [0.4, 0.5) is 5.69 Å². The minimum atomic E-state index is -0.330. The van der Waals surface area contributed by atoms with Crippen molar-refractivity contribution in [1.29, 1.82) is 0 Å². The minimum absolute atomic E-state index is 0.330. The maximum Gasteiger partial charge on any atom is 0.339 e. The van der Waals surface area contributed by atoms with E-state index in [0.29, 0.717) is 17.2 Å². The minimum Gasteiger partial charge on any atom is -0.465 e. The van der Waals surface area contributed by atoms with Crippen molar-refractivity contribution < 1.29 is 9.53 Å². The Labute approximate surface area is 107 Å². The van der Waals surface area contributed by atoms with E-state index in [-0.39, 0.29) is 5.97 Å². The third-order valence-electron chi connectivity index (χ3n) is 2.63. The summed E-state index contributed by atoms with van der Waals surface area (Å²) < 4.78 is 4.76. The summed E-state index contributed by atoms with van der Waals surface area (Å²) in [6.07, 6.45) is 1.13. The van der Waals surface area contributed by atoms with Crippen molar-refractivity contribution in [3.8, 4) is 0 Å². The van der Waals surface area contributed by atoms with Gasteiger partial charge in [-0.15, -0.1) is 11.8 Å². The lowest BCUT2D eigenvalue weighted by Crippen LogP contribution is -2.05. The summed E-state index contributed by atoms with van der Waals surface area (Å²) in [5, 5.41) is 0. The van der Waals surface area contributed by atoms with Gasteiger partial charge in [0.2, 0.25) is 0 Å². The van der Waals surface area contributed by atoms with E-state index < -0.39 is 0 Å². The van der Waals surface area contributed by atoms with Crippen LogP contribution in [0.3, 0.4) is 0 Å². The summed E-state index contributed by atoms with van der Waals surface area (Å²) in [5.74, 6) is 1.29. The van der Waals surface area contributed by atoms with Crippen LogP contribution in [0, 0.1) is 5.92 Å². The number of ether oxygens (including phenoxy) is 1. The van der Waals surface area contributed by atoms with Gasteiger partial charge in [-0.2, -0.15) is 0 Å². The SMILES string of the molecule is CCC(C)CSc1ccc(N)cc1C(=O)OC. The van der Waals surface area contributed by atoms with Crippen LogP contribution < -0.4 is 5.73 Å². The summed E-state index contributed by atoms with van der Waals surface area (Å²) >= 11 is 1.68. The highest BCUT2D eigenvalue weighted by Crippen LogP contribution is 2.27. The molecule has 0 bridgehead atoms. The van der Waals surface area contributed by atoms with Gasteiger partial charge in [0.25, 0.3) is 0 Å². The fraction of sp³-hybridized carbons (Fsp3) is 0.462. The van der Waals surface area contributed by atoms with Gasteiger partial charge in [-0.3, -0.25) is 0 Å². The van der Waals surface area contributed by atoms with Crippen molar-refractivity contribution in [3.05, 3.63) is 23.8 Å². The molecular formula is C13H19NO2S. The lowest BCUT2D eigenvalue weighted by molar-refractivity contribution is 0.0597. The molecule has 3 nitrogen and oxygen atoms in total. The number of anilines is 1. The summed E-state index contributed by atoms with van der Waals surface area (Å²) in [6, 6.07) is 5.37. The normalized spacial score (nSPS) is 12.2. The molecular weight excluding hydrogens is 234 g/mol. The van der Waals surface area contributed by atoms with Crippen molar-refractivity contribution in [3.63, 3.8) is 0 Å². The number of esters is 1. The lowest BCUT2D eigenvalue weighted by atomic mass is 10.2. The number of thioether (sulfide) groups is 1. The summed E-state index contributed by atoms with van der Waals surface area (Å²) in [5.41, 5.74) is 6.82. The van der Waals surface area contributed by atoms with Gasteiger partial charge >= 0.3 is 5.97 Å². The number of methoxy groups -OCH3 is 1. The first-order valence-corrected chi connectivity index (χ1v) is 6.67. The van der Waals surface area contributed by atoms with Gasteiger partial charge in [0.05, 0.1) is 12.7 Å². The predicted molar refractivity (Wildman–Crippen MR) is 72.4 cm³/mol. The zero-order valence-electron chi connectivity index (χ0n) is 10.5. The number of hydrogen-bond donors (Lipinski definition) is 1. The second-order valence-corrected chi connectivity index (χ2v) is 5.13. The Balaban J connectivity index is 2.86. The quantitative estimate of drug-likeness (QED) is 0.497. The Morgan fingerprint density at radius 3 is 2.82 bits per heavy atom. The molecule has 1 atom stereocenters. The van der Waals surface area contributed by atoms with Crippen LogP contribution in [0.15, 0.2) is 23.1 Å². The standard InChI is InChI=1S/C13H19NO2S/c1-4-9(2)8-17-12-6-5-10(14)7-11(12)13(15)16-3/h5-7,9H,4,8,14H2,1-3H3. The van der Waals surface area contributed by atoms with E-state index in [1.807, 2.05) is 12.1 Å².